The summed E-state index contributed by atoms with van der Waals surface area (Å²) in [4.78, 5) is 28.2. The topological polar surface area (TPSA) is 86.8 Å². The first-order chi connectivity index (χ1) is 18.6. The molecule has 0 fully saturated rings. The quantitative estimate of drug-likeness (QED) is 0.325. The van der Waals surface area contributed by atoms with Crippen LogP contribution in [0.25, 0.3) is 0 Å². The second-order valence-corrected chi connectivity index (χ2v) is 13.1. The molecular formula is C29H32Cl2FN3O4S. The summed E-state index contributed by atoms with van der Waals surface area (Å²) in [5.74, 6) is -1.98. The summed E-state index contributed by atoms with van der Waals surface area (Å²) in [5, 5.41) is 3.42. The SMILES string of the molecule is Cc1ccc(S(=O)(=O)N(CC(=O)N(Cc2ccc(Cl)c(Cl)c2)[C@@H](C)C(=O)NC(C)(C)C)c2ccccc2F)cc1. The van der Waals surface area contributed by atoms with Crippen molar-refractivity contribution in [3.8, 4) is 0 Å². The minimum Gasteiger partial charge on any atom is -0.350 e. The van der Waals surface area contributed by atoms with Crippen LogP contribution in [0.5, 0.6) is 0 Å². The van der Waals surface area contributed by atoms with Crippen LogP contribution >= 0.6 is 23.2 Å². The molecule has 0 unspecified atom stereocenters. The van der Waals surface area contributed by atoms with Gasteiger partial charge in [0.1, 0.15) is 18.4 Å². The number of sulfonamides is 1. The first-order valence-corrected chi connectivity index (χ1v) is 14.7. The molecule has 2 amide bonds. The smallest absolute Gasteiger partial charge is 0.264 e. The van der Waals surface area contributed by atoms with E-state index in [1.807, 2.05) is 0 Å². The van der Waals surface area contributed by atoms with Crippen molar-refractivity contribution < 1.29 is 22.4 Å². The summed E-state index contributed by atoms with van der Waals surface area (Å²) in [6.07, 6.45) is 0. The second kappa shape index (κ2) is 12.6. The zero-order valence-electron chi connectivity index (χ0n) is 22.9. The van der Waals surface area contributed by atoms with Gasteiger partial charge in [0.15, 0.2) is 0 Å². The monoisotopic (exact) mass is 607 g/mol. The van der Waals surface area contributed by atoms with Gasteiger partial charge in [-0.3, -0.25) is 13.9 Å². The molecule has 0 saturated carbocycles. The summed E-state index contributed by atoms with van der Waals surface area (Å²) in [6.45, 7) is 7.91. The lowest BCUT2D eigenvalue weighted by atomic mass is 10.1. The average Bonchev–Trinajstić information content (AvgIpc) is 2.87. The number of hydrogen-bond acceptors (Lipinski definition) is 4. The van der Waals surface area contributed by atoms with Gasteiger partial charge in [-0.25, -0.2) is 12.8 Å². The number of rotatable bonds is 9. The predicted molar refractivity (Wildman–Crippen MR) is 156 cm³/mol. The van der Waals surface area contributed by atoms with Gasteiger partial charge in [-0.2, -0.15) is 0 Å². The maximum Gasteiger partial charge on any atom is 0.264 e. The number of benzene rings is 3. The van der Waals surface area contributed by atoms with Crippen molar-refractivity contribution in [3.05, 3.63) is 93.7 Å². The molecule has 3 rings (SSSR count). The Labute approximate surface area is 244 Å². The van der Waals surface area contributed by atoms with E-state index in [1.54, 1.807) is 65.0 Å². The minimum atomic E-state index is -4.38. The predicted octanol–water partition coefficient (Wildman–Crippen LogP) is 5.97. The molecule has 1 N–H and O–H groups in total. The normalized spacial score (nSPS) is 12.5. The highest BCUT2D eigenvalue weighted by Gasteiger charge is 2.34. The summed E-state index contributed by atoms with van der Waals surface area (Å²) in [6, 6.07) is 15.1. The third-order valence-electron chi connectivity index (χ3n) is 6.01. The zero-order valence-corrected chi connectivity index (χ0v) is 25.2. The highest BCUT2D eigenvalue weighted by atomic mass is 35.5. The third-order valence-corrected chi connectivity index (χ3v) is 8.52. The fourth-order valence-electron chi connectivity index (χ4n) is 3.90. The van der Waals surface area contributed by atoms with Gasteiger partial charge in [0.2, 0.25) is 11.8 Å². The number of anilines is 1. The van der Waals surface area contributed by atoms with Crippen LogP contribution in [0.15, 0.2) is 71.6 Å². The van der Waals surface area contributed by atoms with E-state index in [0.717, 1.165) is 15.9 Å². The Balaban J connectivity index is 2.06. The first kappa shape index (κ1) is 31.4. The zero-order chi connectivity index (χ0) is 29.8. The standard InChI is InChI=1S/C29H32Cl2FN3O4S/c1-19-10-13-22(14-11-19)40(38,39)35(26-9-7-6-8-25(26)32)18-27(36)34(20(2)28(37)33-29(3,4)5)17-21-12-15-23(30)24(31)16-21/h6-16,20H,17-18H2,1-5H3,(H,33,37)/t20-/m0/s1. The van der Waals surface area contributed by atoms with Crippen molar-refractivity contribution in [2.45, 2.75) is 57.6 Å². The molecule has 0 saturated heterocycles. The number of para-hydroxylation sites is 1. The molecule has 0 aliphatic carbocycles. The number of halogens is 3. The molecule has 0 bridgehead atoms. The van der Waals surface area contributed by atoms with E-state index in [2.05, 4.69) is 5.32 Å². The number of aryl methyl sites for hydroxylation is 1. The highest BCUT2D eigenvalue weighted by molar-refractivity contribution is 7.92. The van der Waals surface area contributed by atoms with E-state index in [0.29, 0.717) is 10.6 Å². The summed E-state index contributed by atoms with van der Waals surface area (Å²) < 4.78 is 43.2. The van der Waals surface area contributed by atoms with E-state index < -0.39 is 45.8 Å². The fourth-order valence-corrected chi connectivity index (χ4v) is 5.64. The van der Waals surface area contributed by atoms with Crippen molar-refractivity contribution in [2.24, 2.45) is 0 Å². The van der Waals surface area contributed by atoms with Gasteiger partial charge in [-0.1, -0.05) is 59.1 Å². The Hall–Kier alpha value is -3.14. The molecule has 0 heterocycles. The summed E-state index contributed by atoms with van der Waals surface area (Å²) in [5.41, 5.74) is 0.520. The van der Waals surface area contributed by atoms with Crippen molar-refractivity contribution in [2.75, 3.05) is 10.8 Å². The molecule has 214 valence electrons. The van der Waals surface area contributed by atoms with Gasteiger partial charge >= 0.3 is 0 Å². The lowest BCUT2D eigenvalue weighted by Crippen LogP contribution is -2.54. The molecule has 7 nitrogen and oxygen atoms in total. The Bertz CT molecular complexity index is 1490. The van der Waals surface area contributed by atoms with Crippen molar-refractivity contribution in [1.29, 1.82) is 0 Å². The van der Waals surface area contributed by atoms with Crippen LogP contribution in [0.2, 0.25) is 10.0 Å². The van der Waals surface area contributed by atoms with Gasteiger partial charge in [-0.05, 0) is 76.6 Å². The van der Waals surface area contributed by atoms with Crippen LogP contribution in [0.4, 0.5) is 10.1 Å². The van der Waals surface area contributed by atoms with Crippen LogP contribution in [0, 0.1) is 12.7 Å². The van der Waals surface area contributed by atoms with Gasteiger partial charge in [-0.15, -0.1) is 0 Å². The average molecular weight is 609 g/mol. The highest BCUT2D eigenvalue weighted by Crippen LogP contribution is 2.28. The lowest BCUT2D eigenvalue weighted by Gasteiger charge is -2.33. The number of carbonyl (C=O) groups excluding carboxylic acids is 2. The molecule has 11 heteroatoms. The maximum atomic E-state index is 15.0. The Kier molecular flexibility index (Phi) is 9.87. The Morgan fingerprint density at radius 1 is 0.975 bits per heavy atom. The lowest BCUT2D eigenvalue weighted by molar-refractivity contribution is -0.140. The van der Waals surface area contributed by atoms with Crippen LogP contribution in [-0.2, 0) is 26.2 Å². The molecule has 0 aromatic heterocycles. The largest absolute Gasteiger partial charge is 0.350 e. The number of amides is 2. The number of nitrogens with one attached hydrogen (secondary N) is 1. The molecule has 40 heavy (non-hydrogen) atoms. The molecule has 0 aliphatic rings. The summed E-state index contributed by atoms with van der Waals surface area (Å²) in [7, 11) is -4.38. The molecule has 0 spiro atoms. The van der Waals surface area contributed by atoms with Crippen LogP contribution in [-0.4, -0.2) is 43.3 Å². The molecule has 0 radical (unpaired) electrons. The van der Waals surface area contributed by atoms with E-state index in [4.69, 9.17) is 23.2 Å². The van der Waals surface area contributed by atoms with Crippen molar-refractivity contribution >= 4 is 50.7 Å². The molecule has 0 aliphatic heterocycles. The molecule has 1 atom stereocenters. The van der Waals surface area contributed by atoms with Crippen LogP contribution in [0.3, 0.4) is 0 Å². The van der Waals surface area contributed by atoms with E-state index in [-0.39, 0.29) is 22.2 Å². The van der Waals surface area contributed by atoms with Crippen LogP contribution < -0.4 is 9.62 Å². The maximum absolute atomic E-state index is 15.0. The van der Waals surface area contributed by atoms with Gasteiger partial charge in [0.05, 0.1) is 20.6 Å². The van der Waals surface area contributed by atoms with E-state index in [9.17, 15) is 22.4 Å². The third kappa shape index (κ3) is 7.74. The molecular weight excluding hydrogens is 576 g/mol. The Morgan fingerprint density at radius 3 is 2.17 bits per heavy atom. The van der Waals surface area contributed by atoms with Gasteiger partial charge in [0, 0.05) is 12.1 Å². The summed E-state index contributed by atoms with van der Waals surface area (Å²) >= 11 is 12.2. The molecule has 3 aromatic carbocycles. The van der Waals surface area contributed by atoms with Gasteiger partial charge in [0.25, 0.3) is 10.0 Å². The van der Waals surface area contributed by atoms with Crippen molar-refractivity contribution in [1.82, 2.24) is 10.2 Å². The number of hydrogen-bond donors (Lipinski definition) is 1. The van der Waals surface area contributed by atoms with Crippen LogP contribution in [0.1, 0.15) is 38.8 Å². The van der Waals surface area contributed by atoms with Crippen molar-refractivity contribution in [3.63, 3.8) is 0 Å². The number of nitrogens with zero attached hydrogens (tertiary/aromatic N) is 2. The second-order valence-electron chi connectivity index (χ2n) is 10.5. The molecule has 3 aromatic rings. The van der Waals surface area contributed by atoms with Gasteiger partial charge < -0.3 is 10.2 Å². The minimum absolute atomic E-state index is 0.0792. The first-order valence-electron chi connectivity index (χ1n) is 12.5. The van der Waals surface area contributed by atoms with E-state index in [1.165, 1.54) is 35.2 Å². The Morgan fingerprint density at radius 2 is 1.60 bits per heavy atom. The fraction of sp³-hybridized carbons (Fsp3) is 0.310. The number of carbonyl (C=O) groups is 2. The van der Waals surface area contributed by atoms with E-state index >= 15 is 0 Å².